The van der Waals surface area contributed by atoms with E-state index < -0.39 is 0 Å². The highest BCUT2D eigenvalue weighted by atomic mass is 32.2. The van der Waals surface area contributed by atoms with Gasteiger partial charge in [-0.05, 0) is 29.5 Å². The molecule has 96 valence electrons. The van der Waals surface area contributed by atoms with Crippen LogP contribution in [0.2, 0.25) is 0 Å². The maximum Gasteiger partial charge on any atom is 0.0762 e. The van der Waals surface area contributed by atoms with E-state index in [0.29, 0.717) is 11.3 Å². The molecule has 0 fully saturated rings. The Bertz CT molecular complexity index is 532. The Morgan fingerprint density at radius 3 is 3.17 bits per heavy atom. The highest BCUT2D eigenvalue weighted by Crippen LogP contribution is 2.43. The van der Waals surface area contributed by atoms with E-state index in [9.17, 15) is 0 Å². The van der Waals surface area contributed by atoms with Crippen LogP contribution in [0, 0.1) is 0 Å². The van der Waals surface area contributed by atoms with Crippen molar-refractivity contribution in [2.24, 2.45) is 7.05 Å². The van der Waals surface area contributed by atoms with E-state index in [1.807, 2.05) is 41.0 Å². The van der Waals surface area contributed by atoms with Crippen LogP contribution in [-0.4, -0.2) is 15.0 Å². The fourth-order valence-corrected chi connectivity index (χ4v) is 4.89. The summed E-state index contributed by atoms with van der Waals surface area (Å²) in [6, 6.07) is 4.81. The molecule has 2 aromatic rings. The van der Waals surface area contributed by atoms with Crippen molar-refractivity contribution in [1.82, 2.24) is 15.1 Å². The maximum absolute atomic E-state index is 4.41. The van der Waals surface area contributed by atoms with Crippen molar-refractivity contribution in [2.45, 2.75) is 35.4 Å². The van der Waals surface area contributed by atoms with Crippen LogP contribution in [0.3, 0.4) is 0 Å². The Hall–Kier alpha value is -0.780. The maximum atomic E-state index is 4.41. The molecule has 1 N–H and O–H groups in total. The van der Waals surface area contributed by atoms with Crippen LogP contribution in [0.25, 0.3) is 0 Å². The first kappa shape index (κ1) is 12.3. The van der Waals surface area contributed by atoms with Gasteiger partial charge in [-0.1, -0.05) is 6.92 Å². The number of rotatable bonds is 3. The second kappa shape index (κ2) is 5.07. The summed E-state index contributed by atoms with van der Waals surface area (Å²) >= 11 is 3.87. The summed E-state index contributed by atoms with van der Waals surface area (Å²) in [6.45, 7) is 3.15. The number of aryl methyl sites for hydroxylation is 1. The molecule has 0 amide bonds. The van der Waals surface area contributed by atoms with Crippen molar-refractivity contribution in [3.05, 3.63) is 35.0 Å². The molecule has 3 rings (SSSR count). The number of thioether (sulfide) groups is 1. The molecular weight excluding hydrogens is 262 g/mol. The lowest BCUT2D eigenvalue weighted by Gasteiger charge is -2.27. The first-order valence-electron chi connectivity index (χ1n) is 6.18. The van der Waals surface area contributed by atoms with Crippen molar-refractivity contribution in [3.63, 3.8) is 0 Å². The molecule has 18 heavy (non-hydrogen) atoms. The van der Waals surface area contributed by atoms with Gasteiger partial charge in [0.05, 0.1) is 9.90 Å². The SMILES string of the molecule is C[C@H]1CC(NCc2ccn(C)n2)c2ccsc2S1. The zero-order chi connectivity index (χ0) is 12.5. The Labute approximate surface area is 116 Å². The largest absolute Gasteiger partial charge is 0.304 e. The molecule has 1 aliphatic rings. The van der Waals surface area contributed by atoms with Crippen molar-refractivity contribution < 1.29 is 0 Å². The summed E-state index contributed by atoms with van der Waals surface area (Å²) in [7, 11) is 1.96. The number of hydrogen-bond acceptors (Lipinski definition) is 4. The second-order valence-corrected chi connectivity index (χ2v) is 7.37. The van der Waals surface area contributed by atoms with Gasteiger partial charge in [-0.15, -0.1) is 23.1 Å². The molecule has 0 saturated carbocycles. The van der Waals surface area contributed by atoms with E-state index in [1.165, 1.54) is 16.2 Å². The minimum Gasteiger partial charge on any atom is -0.304 e. The van der Waals surface area contributed by atoms with Gasteiger partial charge in [0.25, 0.3) is 0 Å². The Kier molecular flexibility index (Phi) is 3.46. The Morgan fingerprint density at radius 1 is 1.50 bits per heavy atom. The van der Waals surface area contributed by atoms with Crippen LogP contribution < -0.4 is 5.32 Å². The summed E-state index contributed by atoms with van der Waals surface area (Å²) in [5, 5.41) is 10.9. The topological polar surface area (TPSA) is 29.9 Å². The van der Waals surface area contributed by atoms with E-state index in [4.69, 9.17) is 0 Å². The first-order valence-corrected chi connectivity index (χ1v) is 7.94. The molecule has 3 heterocycles. The molecule has 0 aromatic carbocycles. The van der Waals surface area contributed by atoms with Crippen molar-refractivity contribution in [3.8, 4) is 0 Å². The van der Waals surface area contributed by atoms with Crippen LogP contribution >= 0.6 is 23.1 Å². The predicted octanol–water partition coefficient (Wildman–Crippen LogP) is 3.20. The van der Waals surface area contributed by atoms with Gasteiger partial charge in [0.15, 0.2) is 0 Å². The van der Waals surface area contributed by atoms with Crippen LogP contribution in [0.4, 0.5) is 0 Å². The number of nitrogens with one attached hydrogen (secondary N) is 1. The number of fused-ring (bicyclic) bond motifs is 1. The summed E-state index contributed by atoms with van der Waals surface area (Å²) in [5.41, 5.74) is 2.58. The van der Waals surface area contributed by atoms with Crippen molar-refractivity contribution >= 4 is 23.1 Å². The molecule has 0 saturated heterocycles. The minimum absolute atomic E-state index is 0.476. The van der Waals surface area contributed by atoms with Crippen LogP contribution in [0.5, 0.6) is 0 Å². The fraction of sp³-hybridized carbons (Fsp3) is 0.462. The molecule has 0 radical (unpaired) electrons. The standard InChI is InChI=1S/C13H17N3S2/c1-9-7-12(11-4-6-17-13(11)18-9)14-8-10-3-5-16(2)15-10/h3-6,9,12,14H,7-8H2,1-2H3/t9-,12?/m0/s1. The summed E-state index contributed by atoms with van der Waals surface area (Å²) in [5.74, 6) is 0. The van der Waals surface area contributed by atoms with Crippen molar-refractivity contribution in [2.75, 3.05) is 0 Å². The van der Waals surface area contributed by atoms with Gasteiger partial charge < -0.3 is 5.32 Å². The average Bonchev–Trinajstić information content (AvgIpc) is 2.94. The lowest BCUT2D eigenvalue weighted by molar-refractivity contribution is 0.482. The first-order chi connectivity index (χ1) is 8.72. The third kappa shape index (κ3) is 2.48. The summed E-state index contributed by atoms with van der Waals surface area (Å²) in [6.07, 6.45) is 3.19. The molecule has 2 aromatic heterocycles. The third-order valence-corrected chi connectivity index (χ3v) is 5.55. The van der Waals surface area contributed by atoms with Gasteiger partial charge in [-0.25, -0.2) is 0 Å². The van der Waals surface area contributed by atoms with E-state index in [1.54, 1.807) is 0 Å². The number of nitrogens with zero attached hydrogens (tertiary/aromatic N) is 2. The molecule has 1 aliphatic heterocycles. The van der Waals surface area contributed by atoms with E-state index in [2.05, 4.69) is 34.9 Å². The molecule has 2 atom stereocenters. The minimum atomic E-state index is 0.476. The van der Waals surface area contributed by atoms with E-state index in [0.717, 1.165) is 12.2 Å². The molecule has 0 aliphatic carbocycles. The molecule has 5 heteroatoms. The fourth-order valence-electron chi connectivity index (χ4n) is 2.33. The third-order valence-electron chi connectivity index (χ3n) is 3.21. The van der Waals surface area contributed by atoms with Gasteiger partial charge in [0, 0.05) is 31.1 Å². The normalized spacial score (nSPS) is 23.0. The quantitative estimate of drug-likeness (QED) is 0.935. The van der Waals surface area contributed by atoms with Crippen molar-refractivity contribution in [1.29, 1.82) is 0 Å². The molecule has 0 bridgehead atoms. The number of thiophene rings is 1. The van der Waals surface area contributed by atoms with Crippen LogP contribution in [0.1, 0.15) is 30.6 Å². The van der Waals surface area contributed by atoms with Gasteiger partial charge in [0.2, 0.25) is 0 Å². The Morgan fingerprint density at radius 2 is 2.39 bits per heavy atom. The Balaban J connectivity index is 1.70. The van der Waals surface area contributed by atoms with Crippen LogP contribution in [0.15, 0.2) is 27.9 Å². The molecule has 0 spiro atoms. The smallest absolute Gasteiger partial charge is 0.0762 e. The average molecular weight is 279 g/mol. The number of aromatic nitrogens is 2. The van der Waals surface area contributed by atoms with E-state index in [-0.39, 0.29) is 0 Å². The second-order valence-electron chi connectivity index (χ2n) is 4.74. The van der Waals surface area contributed by atoms with Gasteiger partial charge in [-0.2, -0.15) is 5.10 Å². The highest BCUT2D eigenvalue weighted by molar-refractivity contribution is 8.01. The van der Waals surface area contributed by atoms with Gasteiger partial charge in [-0.3, -0.25) is 4.68 Å². The molecule has 1 unspecified atom stereocenters. The zero-order valence-corrected chi connectivity index (χ0v) is 12.2. The molecule has 3 nitrogen and oxygen atoms in total. The highest BCUT2D eigenvalue weighted by Gasteiger charge is 2.25. The number of hydrogen-bond donors (Lipinski definition) is 1. The molecular formula is C13H17N3S2. The van der Waals surface area contributed by atoms with Gasteiger partial charge in [0.1, 0.15) is 0 Å². The zero-order valence-electron chi connectivity index (χ0n) is 10.6. The lowest BCUT2D eigenvalue weighted by atomic mass is 10.0. The van der Waals surface area contributed by atoms with Gasteiger partial charge >= 0.3 is 0 Å². The van der Waals surface area contributed by atoms with Crippen LogP contribution in [-0.2, 0) is 13.6 Å². The lowest BCUT2D eigenvalue weighted by Crippen LogP contribution is -2.26. The van der Waals surface area contributed by atoms with E-state index >= 15 is 0 Å². The predicted molar refractivity (Wildman–Crippen MR) is 77.0 cm³/mol. The summed E-state index contributed by atoms with van der Waals surface area (Å²) < 4.78 is 3.33. The summed E-state index contributed by atoms with van der Waals surface area (Å²) in [4.78, 5) is 0. The monoisotopic (exact) mass is 279 g/mol.